The summed E-state index contributed by atoms with van der Waals surface area (Å²) in [5, 5.41) is 11.7. The van der Waals surface area contributed by atoms with Gasteiger partial charge in [0.2, 0.25) is 5.91 Å². The lowest BCUT2D eigenvalue weighted by Gasteiger charge is -2.11. The van der Waals surface area contributed by atoms with Crippen LogP contribution >= 0.6 is 0 Å². The van der Waals surface area contributed by atoms with E-state index in [0.717, 1.165) is 16.9 Å². The lowest BCUT2D eigenvalue weighted by atomic mass is 10.1. The van der Waals surface area contributed by atoms with Crippen LogP contribution in [0.25, 0.3) is 0 Å². The highest BCUT2D eigenvalue weighted by molar-refractivity contribution is 5.87. The van der Waals surface area contributed by atoms with Gasteiger partial charge in [-0.3, -0.25) is 4.79 Å². The number of hydrogen-bond acceptors (Lipinski definition) is 3. The summed E-state index contributed by atoms with van der Waals surface area (Å²) < 4.78 is 5.63. The Morgan fingerprint density at radius 2 is 1.80 bits per heavy atom. The Balaban J connectivity index is 1.79. The molecule has 0 fully saturated rings. The summed E-state index contributed by atoms with van der Waals surface area (Å²) in [5.74, 6) is -0.230. The van der Waals surface area contributed by atoms with Gasteiger partial charge in [0.1, 0.15) is 5.75 Å². The summed E-state index contributed by atoms with van der Waals surface area (Å²) in [5.41, 5.74) is 2.15. The Kier molecular flexibility index (Phi) is 6.57. The first kappa shape index (κ1) is 18.5. The van der Waals surface area contributed by atoms with Gasteiger partial charge in [-0.1, -0.05) is 24.3 Å². The van der Waals surface area contributed by atoms with Crippen LogP contribution < -0.4 is 10.1 Å². The summed E-state index contributed by atoms with van der Waals surface area (Å²) in [4.78, 5) is 22.9. The van der Waals surface area contributed by atoms with Gasteiger partial charge >= 0.3 is 5.97 Å². The van der Waals surface area contributed by atoms with Crippen LogP contribution in [0.4, 0.5) is 0 Å². The van der Waals surface area contributed by atoms with Crippen molar-refractivity contribution in [2.75, 3.05) is 6.54 Å². The number of hydrogen-bond donors (Lipinski definition) is 2. The second kappa shape index (κ2) is 8.87. The fourth-order valence-corrected chi connectivity index (χ4v) is 2.41. The molecule has 25 heavy (non-hydrogen) atoms. The highest BCUT2D eigenvalue weighted by Gasteiger charge is 2.06. The monoisotopic (exact) mass is 341 g/mol. The van der Waals surface area contributed by atoms with Gasteiger partial charge in [-0.2, -0.15) is 0 Å². The number of rotatable bonds is 8. The molecule has 2 aromatic carbocycles. The quantitative estimate of drug-likeness (QED) is 0.774. The number of carboxylic acids is 1. The van der Waals surface area contributed by atoms with Crippen LogP contribution in [0, 0.1) is 0 Å². The van der Waals surface area contributed by atoms with Gasteiger partial charge in [0.15, 0.2) is 0 Å². The van der Waals surface area contributed by atoms with Gasteiger partial charge in [-0.05, 0) is 55.7 Å². The van der Waals surface area contributed by atoms with Crippen molar-refractivity contribution >= 4 is 11.9 Å². The number of ether oxygens (including phenoxy) is 1. The summed E-state index contributed by atoms with van der Waals surface area (Å²) in [6.07, 6.45) is 1.05. The fraction of sp³-hybridized carbons (Fsp3) is 0.300. The standard InChI is InChI=1S/C20H23NO4/c1-14(2)25-18-5-3-4-16(12-18)13-19(22)21-11-10-15-6-8-17(9-7-15)20(23)24/h3-9,12,14H,10-11,13H2,1-2H3,(H,21,22)(H,23,24). The molecular formula is C20H23NO4. The van der Waals surface area contributed by atoms with Crippen LogP contribution in [0.2, 0.25) is 0 Å². The van der Waals surface area contributed by atoms with Gasteiger partial charge in [-0.25, -0.2) is 4.79 Å². The number of nitrogens with one attached hydrogen (secondary N) is 1. The number of amides is 1. The van der Waals surface area contributed by atoms with E-state index < -0.39 is 5.97 Å². The molecule has 0 aliphatic rings. The van der Waals surface area contributed by atoms with E-state index in [1.807, 2.05) is 38.1 Å². The first-order valence-electron chi connectivity index (χ1n) is 8.28. The molecular weight excluding hydrogens is 318 g/mol. The minimum absolute atomic E-state index is 0.0520. The third-order valence-electron chi connectivity index (χ3n) is 3.57. The fourth-order valence-electron chi connectivity index (χ4n) is 2.41. The Bertz CT molecular complexity index is 723. The predicted molar refractivity (Wildman–Crippen MR) is 96.0 cm³/mol. The first-order chi connectivity index (χ1) is 11.9. The van der Waals surface area contributed by atoms with E-state index >= 15 is 0 Å². The van der Waals surface area contributed by atoms with Gasteiger partial charge in [-0.15, -0.1) is 0 Å². The average Bonchev–Trinajstić information content (AvgIpc) is 2.55. The van der Waals surface area contributed by atoms with E-state index in [-0.39, 0.29) is 17.6 Å². The topological polar surface area (TPSA) is 75.6 Å². The van der Waals surface area contributed by atoms with Crippen molar-refractivity contribution in [1.82, 2.24) is 5.32 Å². The van der Waals surface area contributed by atoms with Gasteiger partial charge in [0.25, 0.3) is 0 Å². The Labute approximate surface area is 147 Å². The maximum absolute atomic E-state index is 12.0. The number of carbonyl (C=O) groups excluding carboxylic acids is 1. The molecule has 5 nitrogen and oxygen atoms in total. The number of aromatic carboxylic acids is 1. The molecule has 0 aliphatic carbocycles. The molecule has 0 heterocycles. The molecule has 0 aliphatic heterocycles. The lowest BCUT2D eigenvalue weighted by Crippen LogP contribution is -2.27. The number of benzene rings is 2. The van der Waals surface area contributed by atoms with Crippen LogP contribution in [-0.4, -0.2) is 29.6 Å². The molecule has 2 rings (SSSR count). The molecule has 2 N–H and O–H groups in total. The third-order valence-corrected chi connectivity index (χ3v) is 3.57. The minimum Gasteiger partial charge on any atom is -0.491 e. The second-order valence-electron chi connectivity index (χ2n) is 6.09. The maximum atomic E-state index is 12.0. The molecule has 0 atom stereocenters. The van der Waals surface area contributed by atoms with Crippen molar-refractivity contribution in [2.24, 2.45) is 0 Å². The number of carbonyl (C=O) groups is 2. The number of carboxylic acid groups (broad SMARTS) is 1. The summed E-state index contributed by atoms with van der Waals surface area (Å²) >= 11 is 0. The summed E-state index contributed by atoms with van der Waals surface area (Å²) in [6.45, 7) is 4.43. The van der Waals surface area contributed by atoms with Crippen LogP contribution in [-0.2, 0) is 17.6 Å². The normalized spacial score (nSPS) is 10.5. The molecule has 0 aromatic heterocycles. The van der Waals surface area contributed by atoms with E-state index in [0.29, 0.717) is 19.4 Å². The van der Waals surface area contributed by atoms with Crippen molar-refractivity contribution in [3.8, 4) is 5.75 Å². The SMILES string of the molecule is CC(C)Oc1cccc(CC(=O)NCCc2ccc(C(=O)O)cc2)c1. The highest BCUT2D eigenvalue weighted by Crippen LogP contribution is 2.15. The molecule has 0 saturated carbocycles. The van der Waals surface area contributed by atoms with E-state index in [9.17, 15) is 9.59 Å². The zero-order chi connectivity index (χ0) is 18.2. The first-order valence-corrected chi connectivity index (χ1v) is 8.28. The third kappa shape index (κ3) is 6.30. The van der Waals surface area contributed by atoms with Gasteiger partial charge < -0.3 is 15.2 Å². The Morgan fingerprint density at radius 1 is 1.08 bits per heavy atom. The highest BCUT2D eigenvalue weighted by atomic mass is 16.5. The van der Waals surface area contributed by atoms with Crippen LogP contribution in [0.15, 0.2) is 48.5 Å². The zero-order valence-corrected chi connectivity index (χ0v) is 14.5. The molecule has 0 saturated heterocycles. The van der Waals surface area contributed by atoms with E-state index in [1.54, 1.807) is 24.3 Å². The van der Waals surface area contributed by atoms with E-state index in [4.69, 9.17) is 9.84 Å². The van der Waals surface area contributed by atoms with Crippen LogP contribution in [0.5, 0.6) is 5.75 Å². The smallest absolute Gasteiger partial charge is 0.335 e. The summed E-state index contributed by atoms with van der Waals surface area (Å²) in [6, 6.07) is 14.2. The van der Waals surface area contributed by atoms with E-state index in [2.05, 4.69) is 5.32 Å². The molecule has 0 bridgehead atoms. The van der Waals surface area contributed by atoms with Crippen molar-refractivity contribution in [2.45, 2.75) is 32.8 Å². The van der Waals surface area contributed by atoms with E-state index in [1.165, 1.54) is 0 Å². The van der Waals surface area contributed by atoms with Crippen LogP contribution in [0.1, 0.15) is 35.3 Å². The zero-order valence-electron chi connectivity index (χ0n) is 14.5. The lowest BCUT2D eigenvalue weighted by molar-refractivity contribution is -0.120. The van der Waals surface area contributed by atoms with Crippen molar-refractivity contribution in [3.05, 3.63) is 65.2 Å². The van der Waals surface area contributed by atoms with Crippen molar-refractivity contribution in [1.29, 1.82) is 0 Å². The predicted octanol–water partition coefficient (Wildman–Crippen LogP) is 3.07. The maximum Gasteiger partial charge on any atom is 0.335 e. The molecule has 132 valence electrons. The molecule has 1 amide bonds. The minimum atomic E-state index is -0.941. The average molecular weight is 341 g/mol. The Hall–Kier alpha value is -2.82. The van der Waals surface area contributed by atoms with Crippen LogP contribution in [0.3, 0.4) is 0 Å². The molecule has 0 radical (unpaired) electrons. The second-order valence-corrected chi connectivity index (χ2v) is 6.09. The molecule has 2 aromatic rings. The molecule has 5 heteroatoms. The van der Waals surface area contributed by atoms with Gasteiger partial charge in [0.05, 0.1) is 18.1 Å². The molecule has 0 spiro atoms. The van der Waals surface area contributed by atoms with Crippen molar-refractivity contribution < 1.29 is 19.4 Å². The Morgan fingerprint density at radius 3 is 2.44 bits per heavy atom. The largest absolute Gasteiger partial charge is 0.491 e. The molecule has 0 unspecified atom stereocenters. The van der Waals surface area contributed by atoms with Gasteiger partial charge in [0, 0.05) is 6.54 Å². The van der Waals surface area contributed by atoms with Crippen molar-refractivity contribution in [3.63, 3.8) is 0 Å². The summed E-state index contributed by atoms with van der Waals surface area (Å²) in [7, 11) is 0.